The van der Waals surface area contributed by atoms with Crippen LogP contribution in [0.2, 0.25) is 5.02 Å². The van der Waals surface area contributed by atoms with Gasteiger partial charge < -0.3 is 20.3 Å². The molecule has 0 spiro atoms. The van der Waals surface area contributed by atoms with Gasteiger partial charge in [0.1, 0.15) is 5.02 Å². The zero-order chi connectivity index (χ0) is 20.8. The molecule has 2 aromatic rings. The van der Waals surface area contributed by atoms with Crippen molar-refractivity contribution >= 4 is 35.1 Å². The SMILES string of the molecule is CC#CC(=O)Nc1ccc(C(=O)N2CC[C@H](Nc3ncc(Cl)c(OC)n3)C2)cc1. The van der Waals surface area contributed by atoms with Crippen LogP contribution in [0.25, 0.3) is 0 Å². The van der Waals surface area contributed by atoms with E-state index in [-0.39, 0.29) is 17.9 Å². The maximum absolute atomic E-state index is 12.7. The number of carbonyl (C=O) groups excluding carboxylic acids is 2. The van der Waals surface area contributed by atoms with Crippen molar-refractivity contribution in [2.75, 3.05) is 30.8 Å². The van der Waals surface area contributed by atoms with Crippen LogP contribution >= 0.6 is 11.6 Å². The first kappa shape index (κ1) is 20.4. The van der Waals surface area contributed by atoms with Crippen molar-refractivity contribution in [2.45, 2.75) is 19.4 Å². The Hall–Kier alpha value is -3.31. The van der Waals surface area contributed by atoms with Gasteiger partial charge in [-0.05, 0) is 43.5 Å². The lowest BCUT2D eigenvalue weighted by molar-refractivity contribution is -0.111. The Morgan fingerprint density at radius 2 is 2.07 bits per heavy atom. The minimum atomic E-state index is -0.388. The molecule has 8 nitrogen and oxygen atoms in total. The number of ether oxygens (including phenoxy) is 1. The zero-order valence-electron chi connectivity index (χ0n) is 16.0. The summed E-state index contributed by atoms with van der Waals surface area (Å²) in [4.78, 5) is 34.4. The molecule has 1 atom stereocenters. The Balaban J connectivity index is 1.58. The van der Waals surface area contributed by atoms with E-state index in [1.807, 2.05) is 0 Å². The number of hydrogen-bond donors (Lipinski definition) is 2. The van der Waals surface area contributed by atoms with Gasteiger partial charge in [0.25, 0.3) is 11.8 Å². The number of amides is 2. The molecule has 9 heteroatoms. The summed E-state index contributed by atoms with van der Waals surface area (Å²) in [5, 5.41) is 6.19. The second kappa shape index (κ2) is 9.26. The van der Waals surface area contributed by atoms with Gasteiger partial charge in [0.2, 0.25) is 11.8 Å². The first-order valence-electron chi connectivity index (χ1n) is 8.96. The zero-order valence-corrected chi connectivity index (χ0v) is 16.8. The number of benzene rings is 1. The van der Waals surface area contributed by atoms with E-state index in [2.05, 4.69) is 32.4 Å². The van der Waals surface area contributed by atoms with Gasteiger partial charge in [-0.2, -0.15) is 4.98 Å². The van der Waals surface area contributed by atoms with Crippen LogP contribution in [-0.4, -0.2) is 52.9 Å². The molecular weight excluding hydrogens is 394 g/mol. The Labute approximate surface area is 173 Å². The number of halogens is 1. The van der Waals surface area contributed by atoms with Crippen LogP contribution in [0.4, 0.5) is 11.6 Å². The normalized spacial score (nSPS) is 15.3. The number of rotatable bonds is 5. The average Bonchev–Trinajstić information content (AvgIpc) is 3.18. The van der Waals surface area contributed by atoms with Crippen molar-refractivity contribution in [3.05, 3.63) is 41.0 Å². The number of carbonyl (C=O) groups is 2. The number of likely N-dealkylation sites (tertiary alicyclic amines) is 1. The average molecular weight is 414 g/mol. The van der Waals surface area contributed by atoms with Crippen LogP contribution in [0.5, 0.6) is 5.88 Å². The highest BCUT2D eigenvalue weighted by Gasteiger charge is 2.27. The van der Waals surface area contributed by atoms with Crippen molar-refractivity contribution in [1.82, 2.24) is 14.9 Å². The van der Waals surface area contributed by atoms with E-state index in [9.17, 15) is 9.59 Å². The highest BCUT2D eigenvalue weighted by atomic mass is 35.5. The van der Waals surface area contributed by atoms with E-state index in [0.29, 0.717) is 41.2 Å². The van der Waals surface area contributed by atoms with Gasteiger partial charge in [0.05, 0.1) is 13.3 Å². The molecule has 1 aromatic heterocycles. The van der Waals surface area contributed by atoms with Crippen LogP contribution in [0.15, 0.2) is 30.5 Å². The fourth-order valence-electron chi connectivity index (χ4n) is 2.96. The molecule has 1 saturated heterocycles. The van der Waals surface area contributed by atoms with Crippen molar-refractivity contribution in [3.63, 3.8) is 0 Å². The maximum Gasteiger partial charge on any atom is 0.300 e. The predicted molar refractivity (Wildman–Crippen MR) is 110 cm³/mol. The smallest absolute Gasteiger partial charge is 0.300 e. The van der Waals surface area contributed by atoms with Gasteiger partial charge in [-0.15, -0.1) is 0 Å². The molecule has 150 valence electrons. The molecule has 3 rings (SSSR count). The third-order valence-electron chi connectivity index (χ3n) is 4.34. The summed E-state index contributed by atoms with van der Waals surface area (Å²) in [7, 11) is 1.49. The van der Waals surface area contributed by atoms with E-state index in [1.165, 1.54) is 13.3 Å². The van der Waals surface area contributed by atoms with Crippen LogP contribution in [0.3, 0.4) is 0 Å². The van der Waals surface area contributed by atoms with E-state index in [1.54, 1.807) is 36.1 Å². The van der Waals surface area contributed by atoms with Crippen LogP contribution in [0, 0.1) is 11.8 Å². The second-order valence-corrected chi connectivity index (χ2v) is 6.75. The van der Waals surface area contributed by atoms with Gasteiger partial charge in [-0.3, -0.25) is 9.59 Å². The topological polar surface area (TPSA) is 96.5 Å². The lowest BCUT2D eigenvalue weighted by atomic mass is 10.2. The van der Waals surface area contributed by atoms with Gasteiger partial charge >= 0.3 is 0 Å². The molecule has 1 aromatic carbocycles. The summed E-state index contributed by atoms with van der Waals surface area (Å²) in [6, 6.07) is 6.76. The first-order valence-corrected chi connectivity index (χ1v) is 9.34. The molecule has 0 saturated carbocycles. The highest BCUT2D eigenvalue weighted by Crippen LogP contribution is 2.23. The molecule has 0 unspecified atom stereocenters. The lowest BCUT2D eigenvalue weighted by Gasteiger charge is -2.17. The molecular formula is C20H20ClN5O3. The van der Waals surface area contributed by atoms with Crippen molar-refractivity contribution in [1.29, 1.82) is 0 Å². The minimum Gasteiger partial charge on any atom is -0.480 e. The first-order chi connectivity index (χ1) is 14.0. The quantitative estimate of drug-likeness (QED) is 0.731. The standard InChI is InChI=1S/C20H20ClN5O3/c1-3-4-17(27)23-14-7-5-13(6-8-14)19(28)26-10-9-15(12-26)24-20-22-11-16(21)18(25-20)29-2/h5-8,11,15H,9-10,12H2,1-2H3,(H,23,27)(H,22,24,25)/t15-/m0/s1. The molecule has 0 bridgehead atoms. The molecule has 2 amide bonds. The second-order valence-electron chi connectivity index (χ2n) is 6.34. The number of hydrogen-bond acceptors (Lipinski definition) is 6. The fourth-order valence-corrected chi connectivity index (χ4v) is 3.13. The predicted octanol–water partition coefficient (Wildman–Crippen LogP) is 2.43. The Morgan fingerprint density at radius 1 is 1.31 bits per heavy atom. The summed E-state index contributed by atoms with van der Waals surface area (Å²) in [5.74, 6) is 5.18. The Morgan fingerprint density at radius 3 is 2.76 bits per heavy atom. The van der Waals surface area contributed by atoms with E-state index in [0.717, 1.165) is 6.42 Å². The highest BCUT2D eigenvalue weighted by molar-refractivity contribution is 6.31. The molecule has 2 heterocycles. The van der Waals surface area contributed by atoms with E-state index >= 15 is 0 Å². The van der Waals surface area contributed by atoms with Crippen molar-refractivity contribution < 1.29 is 14.3 Å². The lowest BCUT2D eigenvalue weighted by Crippen LogP contribution is -2.31. The summed E-state index contributed by atoms with van der Waals surface area (Å²) in [6.07, 6.45) is 2.24. The van der Waals surface area contributed by atoms with Crippen LogP contribution < -0.4 is 15.4 Å². The fraction of sp³-hybridized carbons (Fsp3) is 0.300. The molecule has 29 heavy (non-hydrogen) atoms. The minimum absolute atomic E-state index is 0.0241. The van der Waals surface area contributed by atoms with Gasteiger partial charge in [0.15, 0.2) is 0 Å². The third-order valence-corrected chi connectivity index (χ3v) is 4.60. The van der Waals surface area contributed by atoms with Crippen LogP contribution in [0.1, 0.15) is 23.7 Å². The van der Waals surface area contributed by atoms with Crippen molar-refractivity contribution in [3.8, 4) is 17.7 Å². The maximum atomic E-state index is 12.7. The number of methoxy groups -OCH3 is 1. The van der Waals surface area contributed by atoms with Crippen molar-refractivity contribution in [2.24, 2.45) is 0 Å². The Bertz CT molecular complexity index is 968. The summed E-state index contributed by atoms with van der Waals surface area (Å²) < 4.78 is 5.09. The number of nitrogens with zero attached hydrogens (tertiary/aromatic N) is 3. The van der Waals surface area contributed by atoms with Gasteiger partial charge in [-0.25, -0.2) is 4.98 Å². The van der Waals surface area contributed by atoms with E-state index < -0.39 is 0 Å². The molecule has 1 fully saturated rings. The number of anilines is 2. The largest absolute Gasteiger partial charge is 0.480 e. The van der Waals surface area contributed by atoms with E-state index in [4.69, 9.17) is 16.3 Å². The molecule has 0 radical (unpaired) electrons. The van der Waals surface area contributed by atoms with Crippen LogP contribution in [-0.2, 0) is 4.79 Å². The number of nitrogens with one attached hydrogen (secondary N) is 2. The molecule has 0 aliphatic carbocycles. The summed E-state index contributed by atoms with van der Waals surface area (Å²) >= 11 is 5.94. The molecule has 2 N–H and O–H groups in total. The number of aromatic nitrogens is 2. The Kier molecular flexibility index (Phi) is 6.52. The third kappa shape index (κ3) is 5.15. The molecule has 1 aliphatic heterocycles. The summed E-state index contributed by atoms with van der Waals surface area (Å²) in [6.45, 7) is 2.73. The van der Waals surface area contributed by atoms with Gasteiger partial charge in [0, 0.05) is 30.4 Å². The van der Waals surface area contributed by atoms with Gasteiger partial charge in [-0.1, -0.05) is 17.5 Å². The molecule has 1 aliphatic rings. The monoisotopic (exact) mass is 413 g/mol. The summed E-state index contributed by atoms with van der Waals surface area (Å²) in [5.41, 5.74) is 1.14.